The molecule has 0 aliphatic carbocycles. The molecule has 0 amide bonds. The van der Waals surface area contributed by atoms with E-state index in [1.54, 1.807) is 0 Å². The van der Waals surface area contributed by atoms with Crippen molar-refractivity contribution in [3.63, 3.8) is 0 Å². The number of nitrogens with one attached hydrogen (secondary N) is 1. The first-order chi connectivity index (χ1) is 13.8. The van der Waals surface area contributed by atoms with Gasteiger partial charge in [-0.25, -0.2) is 0 Å². The molecular formula is C22H25N5S. The largest absolute Gasteiger partial charge is 0.346 e. The third-order valence-electron chi connectivity index (χ3n) is 4.98. The number of hydrogen-bond acceptors (Lipinski definition) is 3. The summed E-state index contributed by atoms with van der Waals surface area (Å²) >= 11 is 5.62. The Morgan fingerprint density at radius 3 is 2.11 bits per heavy atom. The van der Waals surface area contributed by atoms with Crippen molar-refractivity contribution >= 4 is 23.0 Å². The van der Waals surface area contributed by atoms with Crippen LogP contribution in [0.25, 0.3) is 0 Å². The van der Waals surface area contributed by atoms with Gasteiger partial charge in [-0.3, -0.25) is 9.58 Å². The molecule has 1 N–H and O–H groups in total. The van der Waals surface area contributed by atoms with Crippen molar-refractivity contribution in [2.45, 2.75) is 13.1 Å². The van der Waals surface area contributed by atoms with E-state index >= 15 is 0 Å². The molecule has 6 heteroatoms. The van der Waals surface area contributed by atoms with E-state index in [1.165, 1.54) is 11.1 Å². The third-order valence-corrected chi connectivity index (χ3v) is 5.34. The lowest BCUT2D eigenvalue weighted by Crippen LogP contribution is -2.49. The quantitative estimate of drug-likeness (QED) is 0.674. The SMILES string of the molecule is S=C(Nc1cnn(Cc2ccccc2)c1)N1CCN(Cc2ccccc2)CC1. The van der Waals surface area contributed by atoms with E-state index in [4.69, 9.17) is 12.2 Å². The summed E-state index contributed by atoms with van der Waals surface area (Å²) in [6.07, 6.45) is 3.84. The Balaban J connectivity index is 1.26. The van der Waals surface area contributed by atoms with E-state index in [9.17, 15) is 0 Å². The summed E-state index contributed by atoms with van der Waals surface area (Å²) in [4.78, 5) is 4.72. The van der Waals surface area contributed by atoms with Crippen molar-refractivity contribution in [2.75, 3.05) is 31.5 Å². The van der Waals surface area contributed by atoms with Crippen molar-refractivity contribution in [3.8, 4) is 0 Å². The minimum absolute atomic E-state index is 0.757. The zero-order chi connectivity index (χ0) is 19.2. The summed E-state index contributed by atoms with van der Waals surface area (Å²) in [7, 11) is 0. The van der Waals surface area contributed by atoms with Crippen LogP contribution in [0.5, 0.6) is 0 Å². The second-order valence-electron chi connectivity index (χ2n) is 7.09. The maximum Gasteiger partial charge on any atom is 0.173 e. The number of thiocarbonyl (C=S) groups is 1. The molecule has 2 aromatic carbocycles. The van der Waals surface area contributed by atoms with Gasteiger partial charge in [-0.1, -0.05) is 60.7 Å². The molecule has 0 atom stereocenters. The van der Waals surface area contributed by atoms with Crippen LogP contribution in [-0.4, -0.2) is 50.9 Å². The summed E-state index contributed by atoms with van der Waals surface area (Å²) in [5.41, 5.74) is 3.53. The molecule has 2 heterocycles. The molecule has 4 rings (SSSR count). The van der Waals surface area contributed by atoms with Crippen molar-refractivity contribution in [1.29, 1.82) is 0 Å². The fourth-order valence-corrected chi connectivity index (χ4v) is 3.74. The number of piperazine rings is 1. The van der Waals surface area contributed by atoms with E-state index in [2.05, 4.69) is 62.7 Å². The molecule has 1 saturated heterocycles. The fourth-order valence-electron chi connectivity index (χ4n) is 3.44. The summed E-state index contributed by atoms with van der Waals surface area (Å²) in [5.74, 6) is 0. The van der Waals surface area contributed by atoms with Crippen molar-refractivity contribution < 1.29 is 0 Å². The topological polar surface area (TPSA) is 36.3 Å². The highest BCUT2D eigenvalue weighted by molar-refractivity contribution is 7.80. The highest BCUT2D eigenvalue weighted by Gasteiger charge is 2.19. The standard InChI is InChI=1S/C22H25N5S/c28-22(24-21-15-23-27(18-21)17-20-9-5-2-6-10-20)26-13-11-25(12-14-26)16-19-7-3-1-4-8-19/h1-10,15,18H,11-14,16-17H2,(H,24,28). The predicted molar refractivity (Wildman–Crippen MR) is 117 cm³/mol. The van der Waals surface area contributed by atoms with Crippen LogP contribution >= 0.6 is 12.2 Å². The average molecular weight is 392 g/mol. The molecule has 0 unspecified atom stereocenters. The van der Waals surface area contributed by atoms with Gasteiger partial charge in [0.25, 0.3) is 0 Å². The van der Waals surface area contributed by atoms with E-state index in [0.717, 1.165) is 50.1 Å². The molecule has 0 bridgehead atoms. The first-order valence-corrected chi connectivity index (χ1v) is 10.1. The van der Waals surface area contributed by atoms with E-state index < -0.39 is 0 Å². The first kappa shape index (κ1) is 18.7. The minimum Gasteiger partial charge on any atom is -0.346 e. The molecule has 1 fully saturated rings. The van der Waals surface area contributed by atoms with E-state index in [-0.39, 0.29) is 0 Å². The highest BCUT2D eigenvalue weighted by atomic mass is 32.1. The van der Waals surface area contributed by atoms with Gasteiger partial charge in [-0.2, -0.15) is 5.10 Å². The van der Waals surface area contributed by atoms with Gasteiger partial charge in [0.05, 0.1) is 18.4 Å². The fraction of sp³-hybridized carbons (Fsp3) is 0.273. The predicted octanol–water partition coefficient (Wildman–Crippen LogP) is 3.45. The van der Waals surface area contributed by atoms with Crippen LogP contribution in [0, 0.1) is 0 Å². The van der Waals surface area contributed by atoms with Crippen LogP contribution in [0.4, 0.5) is 5.69 Å². The molecule has 1 aliphatic rings. The maximum atomic E-state index is 5.62. The first-order valence-electron chi connectivity index (χ1n) is 9.65. The van der Waals surface area contributed by atoms with Crippen LogP contribution < -0.4 is 5.32 Å². The Morgan fingerprint density at radius 2 is 1.46 bits per heavy atom. The van der Waals surface area contributed by atoms with Crippen LogP contribution in [0.1, 0.15) is 11.1 Å². The molecule has 1 aliphatic heterocycles. The number of hydrogen-bond donors (Lipinski definition) is 1. The van der Waals surface area contributed by atoms with Crippen LogP contribution in [0.2, 0.25) is 0 Å². The zero-order valence-electron chi connectivity index (χ0n) is 15.9. The molecule has 1 aromatic heterocycles. The maximum absolute atomic E-state index is 5.62. The van der Waals surface area contributed by atoms with Crippen LogP contribution in [0.15, 0.2) is 73.1 Å². The van der Waals surface area contributed by atoms with E-state index in [1.807, 2.05) is 35.3 Å². The Kier molecular flexibility index (Phi) is 5.99. The molecule has 28 heavy (non-hydrogen) atoms. The lowest BCUT2D eigenvalue weighted by atomic mass is 10.2. The normalized spacial score (nSPS) is 14.8. The number of nitrogens with zero attached hydrogens (tertiary/aromatic N) is 4. The van der Waals surface area contributed by atoms with Gasteiger partial charge in [0.2, 0.25) is 0 Å². The Hall–Kier alpha value is -2.70. The Bertz CT molecular complexity index is 886. The van der Waals surface area contributed by atoms with Crippen molar-refractivity contribution in [3.05, 3.63) is 84.2 Å². The van der Waals surface area contributed by atoms with Crippen LogP contribution in [0.3, 0.4) is 0 Å². The van der Waals surface area contributed by atoms with Gasteiger partial charge in [0.1, 0.15) is 0 Å². The van der Waals surface area contributed by atoms with Gasteiger partial charge < -0.3 is 10.2 Å². The average Bonchev–Trinajstić information content (AvgIpc) is 3.17. The lowest BCUT2D eigenvalue weighted by Gasteiger charge is -2.36. The number of aromatic nitrogens is 2. The molecule has 0 saturated carbocycles. The summed E-state index contributed by atoms with van der Waals surface area (Å²) in [5, 5.41) is 8.55. The number of benzene rings is 2. The van der Waals surface area contributed by atoms with E-state index in [0.29, 0.717) is 0 Å². The Labute approximate surface area is 171 Å². The molecule has 144 valence electrons. The molecule has 3 aromatic rings. The highest BCUT2D eigenvalue weighted by Crippen LogP contribution is 2.12. The summed E-state index contributed by atoms with van der Waals surface area (Å²) in [6.45, 7) is 5.68. The second-order valence-corrected chi connectivity index (χ2v) is 7.48. The molecule has 5 nitrogen and oxygen atoms in total. The third kappa shape index (κ3) is 4.97. The molecular weight excluding hydrogens is 366 g/mol. The summed E-state index contributed by atoms with van der Waals surface area (Å²) in [6, 6.07) is 21.0. The monoisotopic (exact) mass is 391 g/mol. The van der Waals surface area contributed by atoms with Gasteiger partial charge >= 0.3 is 0 Å². The van der Waals surface area contributed by atoms with Crippen LogP contribution in [-0.2, 0) is 13.1 Å². The second kappa shape index (κ2) is 8.99. The Morgan fingerprint density at radius 1 is 0.857 bits per heavy atom. The van der Waals surface area contributed by atoms with Gasteiger partial charge in [0, 0.05) is 38.9 Å². The van der Waals surface area contributed by atoms with Gasteiger partial charge in [-0.05, 0) is 23.3 Å². The summed E-state index contributed by atoms with van der Waals surface area (Å²) < 4.78 is 1.93. The number of anilines is 1. The van der Waals surface area contributed by atoms with Crippen molar-refractivity contribution in [1.82, 2.24) is 19.6 Å². The minimum atomic E-state index is 0.757. The number of rotatable bonds is 5. The molecule has 0 radical (unpaired) electrons. The smallest absolute Gasteiger partial charge is 0.173 e. The molecule has 0 spiro atoms. The van der Waals surface area contributed by atoms with Gasteiger partial charge in [0.15, 0.2) is 5.11 Å². The van der Waals surface area contributed by atoms with Gasteiger partial charge in [-0.15, -0.1) is 0 Å². The lowest BCUT2D eigenvalue weighted by molar-refractivity contribution is 0.177. The van der Waals surface area contributed by atoms with Crippen molar-refractivity contribution in [2.24, 2.45) is 0 Å². The zero-order valence-corrected chi connectivity index (χ0v) is 16.7.